The molecule has 0 saturated heterocycles. The van der Waals surface area contributed by atoms with Crippen molar-refractivity contribution < 1.29 is 15.3 Å². The predicted octanol–water partition coefficient (Wildman–Crippen LogP) is 4.57. The SMILES string of the molecule is CCCCCCCCCCCCCCCC(O)C(O)CCO. The third kappa shape index (κ3) is 14.8. The molecular formula is C19H40O3. The van der Waals surface area contributed by atoms with Crippen LogP contribution in [0.5, 0.6) is 0 Å². The first kappa shape index (κ1) is 21.9. The van der Waals surface area contributed by atoms with E-state index >= 15 is 0 Å². The molecule has 0 radical (unpaired) electrons. The number of rotatable bonds is 17. The molecule has 0 amide bonds. The van der Waals surface area contributed by atoms with Crippen LogP contribution in [0.3, 0.4) is 0 Å². The number of hydrogen-bond acceptors (Lipinski definition) is 3. The standard InChI is InChI=1S/C19H40O3/c1-2-3-4-5-6-7-8-9-10-11-12-13-14-15-18(21)19(22)16-17-20/h18-22H,2-17H2,1H3. The monoisotopic (exact) mass is 316 g/mol. The van der Waals surface area contributed by atoms with Crippen molar-refractivity contribution in [1.29, 1.82) is 0 Å². The second-order valence-corrected chi connectivity index (χ2v) is 6.68. The minimum Gasteiger partial charge on any atom is -0.396 e. The van der Waals surface area contributed by atoms with Crippen LogP contribution in [-0.4, -0.2) is 34.1 Å². The summed E-state index contributed by atoms with van der Waals surface area (Å²) < 4.78 is 0. The zero-order valence-electron chi connectivity index (χ0n) is 14.8. The van der Waals surface area contributed by atoms with Crippen molar-refractivity contribution in [2.45, 2.75) is 115 Å². The molecule has 3 N–H and O–H groups in total. The first-order valence-corrected chi connectivity index (χ1v) is 9.69. The zero-order valence-corrected chi connectivity index (χ0v) is 14.8. The maximum absolute atomic E-state index is 9.66. The highest BCUT2D eigenvalue weighted by molar-refractivity contribution is 4.66. The minimum absolute atomic E-state index is 0.0587. The summed E-state index contributed by atoms with van der Waals surface area (Å²) >= 11 is 0. The Morgan fingerprint density at radius 2 is 0.909 bits per heavy atom. The molecule has 0 heterocycles. The summed E-state index contributed by atoms with van der Waals surface area (Å²) in [5, 5.41) is 27.9. The van der Waals surface area contributed by atoms with Crippen molar-refractivity contribution in [1.82, 2.24) is 0 Å². The molecule has 3 nitrogen and oxygen atoms in total. The van der Waals surface area contributed by atoms with Crippen LogP contribution in [-0.2, 0) is 0 Å². The molecule has 0 aliphatic carbocycles. The summed E-state index contributed by atoms with van der Waals surface area (Å²) in [6.07, 6.45) is 16.6. The molecule has 0 fully saturated rings. The fourth-order valence-electron chi connectivity index (χ4n) is 2.89. The van der Waals surface area contributed by atoms with E-state index in [1.54, 1.807) is 0 Å². The maximum Gasteiger partial charge on any atom is 0.0820 e. The first-order chi connectivity index (χ1) is 10.7. The van der Waals surface area contributed by atoms with Gasteiger partial charge in [-0.25, -0.2) is 0 Å². The van der Waals surface area contributed by atoms with Crippen LogP contribution < -0.4 is 0 Å². The van der Waals surface area contributed by atoms with Gasteiger partial charge in [-0.15, -0.1) is 0 Å². The predicted molar refractivity (Wildman–Crippen MR) is 94.0 cm³/mol. The summed E-state index contributed by atoms with van der Waals surface area (Å²) in [4.78, 5) is 0. The molecule has 0 aromatic heterocycles. The lowest BCUT2D eigenvalue weighted by Crippen LogP contribution is -2.26. The minimum atomic E-state index is -0.762. The van der Waals surface area contributed by atoms with Gasteiger partial charge in [0.15, 0.2) is 0 Å². The van der Waals surface area contributed by atoms with Gasteiger partial charge in [-0.05, 0) is 12.8 Å². The molecule has 0 aliphatic heterocycles. The van der Waals surface area contributed by atoms with Crippen LogP contribution >= 0.6 is 0 Å². The Labute approximate surface area is 138 Å². The molecule has 3 heteroatoms. The second kappa shape index (κ2) is 17.2. The third-order valence-electron chi connectivity index (χ3n) is 4.47. The third-order valence-corrected chi connectivity index (χ3v) is 4.47. The Hall–Kier alpha value is -0.120. The van der Waals surface area contributed by atoms with Gasteiger partial charge in [0.05, 0.1) is 12.2 Å². The van der Waals surface area contributed by atoms with Gasteiger partial charge >= 0.3 is 0 Å². The van der Waals surface area contributed by atoms with E-state index in [1.165, 1.54) is 70.6 Å². The topological polar surface area (TPSA) is 60.7 Å². The van der Waals surface area contributed by atoms with E-state index in [1.807, 2.05) is 0 Å². The number of aliphatic hydroxyl groups excluding tert-OH is 3. The van der Waals surface area contributed by atoms with Crippen molar-refractivity contribution in [3.63, 3.8) is 0 Å². The zero-order chi connectivity index (χ0) is 16.5. The van der Waals surface area contributed by atoms with E-state index in [2.05, 4.69) is 6.92 Å². The van der Waals surface area contributed by atoms with Crippen LogP contribution in [0.15, 0.2) is 0 Å². The van der Waals surface area contributed by atoms with E-state index in [0.29, 0.717) is 6.42 Å². The first-order valence-electron chi connectivity index (χ1n) is 9.69. The van der Waals surface area contributed by atoms with E-state index < -0.39 is 12.2 Å². The maximum atomic E-state index is 9.66. The van der Waals surface area contributed by atoms with Crippen LogP contribution in [0.2, 0.25) is 0 Å². The van der Waals surface area contributed by atoms with Crippen molar-refractivity contribution in [3.8, 4) is 0 Å². The fourth-order valence-corrected chi connectivity index (χ4v) is 2.89. The Kier molecular flexibility index (Phi) is 17.1. The van der Waals surface area contributed by atoms with Gasteiger partial charge in [-0.1, -0.05) is 90.4 Å². The summed E-state index contributed by atoms with van der Waals surface area (Å²) in [5.74, 6) is 0. The number of hydrogen-bond donors (Lipinski definition) is 3. The highest BCUT2D eigenvalue weighted by atomic mass is 16.3. The molecule has 0 bridgehead atoms. The average Bonchev–Trinajstić information content (AvgIpc) is 2.51. The molecule has 0 aliphatic rings. The van der Waals surface area contributed by atoms with Gasteiger partial charge in [0.1, 0.15) is 0 Å². The van der Waals surface area contributed by atoms with Gasteiger partial charge in [0.2, 0.25) is 0 Å². The molecule has 0 rings (SSSR count). The molecule has 0 spiro atoms. The largest absolute Gasteiger partial charge is 0.396 e. The summed E-state index contributed by atoms with van der Waals surface area (Å²) in [7, 11) is 0. The number of unbranched alkanes of at least 4 members (excludes halogenated alkanes) is 12. The fraction of sp³-hybridized carbons (Fsp3) is 1.00. The summed E-state index contributed by atoms with van der Waals surface area (Å²) in [5.41, 5.74) is 0. The highest BCUT2D eigenvalue weighted by Crippen LogP contribution is 2.14. The smallest absolute Gasteiger partial charge is 0.0820 e. The van der Waals surface area contributed by atoms with Crippen LogP contribution in [0, 0.1) is 0 Å². The Morgan fingerprint density at radius 3 is 1.32 bits per heavy atom. The molecule has 0 aromatic carbocycles. The van der Waals surface area contributed by atoms with E-state index in [9.17, 15) is 10.2 Å². The Morgan fingerprint density at radius 1 is 0.545 bits per heavy atom. The Bertz CT molecular complexity index is 209. The Balaban J connectivity index is 3.14. The van der Waals surface area contributed by atoms with Crippen LogP contribution in [0.1, 0.15) is 103 Å². The van der Waals surface area contributed by atoms with Crippen molar-refractivity contribution in [3.05, 3.63) is 0 Å². The van der Waals surface area contributed by atoms with Crippen molar-refractivity contribution in [2.75, 3.05) is 6.61 Å². The van der Waals surface area contributed by atoms with Gasteiger partial charge in [0, 0.05) is 6.61 Å². The normalized spacial score (nSPS) is 14.2. The van der Waals surface area contributed by atoms with Gasteiger partial charge in [0.25, 0.3) is 0 Å². The molecule has 134 valence electrons. The lowest BCUT2D eigenvalue weighted by atomic mass is 10.0. The van der Waals surface area contributed by atoms with Crippen molar-refractivity contribution >= 4 is 0 Å². The van der Waals surface area contributed by atoms with Gasteiger partial charge in [-0.2, -0.15) is 0 Å². The highest BCUT2D eigenvalue weighted by Gasteiger charge is 2.14. The van der Waals surface area contributed by atoms with E-state index in [0.717, 1.165) is 12.8 Å². The lowest BCUT2D eigenvalue weighted by molar-refractivity contribution is -0.000105. The summed E-state index contributed by atoms with van der Waals surface area (Å²) in [6.45, 7) is 2.20. The molecule has 0 saturated carbocycles. The molecule has 0 aromatic rings. The molecule has 2 unspecified atom stereocenters. The second-order valence-electron chi connectivity index (χ2n) is 6.68. The molecule has 2 atom stereocenters. The lowest BCUT2D eigenvalue weighted by Gasteiger charge is -2.16. The number of aliphatic hydroxyl groups is 3. The van der Waals surface area contributed by atoms with Gasteiger partial charge in [-0.3, -0.25) is 0 Å². The van der Waals surface area contributed by atoms with Crippen LogP contribution in [0.4, 0.5) is 0 Å². The quantitative estimate of drug-likeness (QED) is 0.344. The van der Waals surface area contributed by atoms with Crippen LogP contribution in [0.25, 0.3) is 0 Å². The molecule has 22 heavy (non-hydrogen) atoms. The van der Waals surface area contributed by atoms with E-state index in [-0.39, 0.29) is 13.0 Å². The summed E-state index contributed by atoms with van der Waals surface area (Å²) in [6, 6.07) is 0. The average molecular weight is 317 g/mol. The van der Waals surface area contributed by atoms with Crippen molar-refractivity contribution in [2.24, 2.45) is 0 Å². The van der Waals surface area contributed by atoms with Gasteiger partial charge < -0.3 is 15.3 Å². The van der Waals surface area contributed by atoms with E-state index in [4.69, 9.17) is 5.11 Å². The molecular weight excluding hydrogens is 276 g/mol.